The summed E-state index contributed by atoms with van der Waals surface area (Å²) >= 11 is 0. The summed E-state index contributed by atoms with van der Waals surface area (Å²) in [7, 11) is 2.08. The zero-order valence-corrected chi connectivity index (χ0v) is 11.1. The van der Waals surface area contributed by atoms with E-state index in [2.05, 4.69) is 53.3 Å². The zero-order chi connectivity index (χ0) is 13.0. The van der Waals surface area contributed by atoms with Crippen LogP contribution in [0.2, 0.25) is 0 Å². The van der Waals surface area contributed by atoms with Gasteiger partial charge in [-0.25, -0.2) is 0 Å². The van der Waals surface area contributed by atoms with Crippen LogP contribution in [0.1, 0.15) is 30.2 Å². The molecule has 1 aromatic carbocycles. The van der Waals surface area contributed by atoms with Gasteiger partial charge in [-0.3, -0.25) is 4.90 Å². The Balaban J connectivity index is 1.90. The van der Waals surface area contributed by atoms with Gasteiger partial charge in [0.15, 0.2) is 5.82 Å². The van der Waals surface area contributed by atoms with E-state index < -0.39 is 0 Å². The molecule has 1 aromatic heterocycles. The van der Waals surface area contributed by atoms with E-state index in [0.717, 1.165) is 13.0 Å². The van der Waals surface area contributed by atoms with Crippen LogP contribution in [0.3, 0.4) is 0 Å². The van der Waals surface area contributed by atoms with Gasteiger partial charge in [0.2, 0.25) is 5.89 Å². The summed E-state index contributed by atoms with van der Waals surface area (Å²) in [5, 5.41) is 3.83. The minimum atomic E-state index is 0.148. The molecule has 0 unspecified atom stereocenters. The van der Waals surface area contributed by atoms with Gasteiger partial charge in [0.05, 0.1) is 6.04 Å². The second-order valence-electron chi connectivity index (χ2n) is 4.57. The van der Waals surface area contributed by atoms with Crippen molar-refractivity contribution in [2.45, 2.75) is 26.3 Å². The van der Waals surface area contributed by atoms with E-state index in [1.54, 1.807) is 0 Å². The highest BCUT2D eigenvalue weighted by atomic mass is 16.5. The molecule has 4 nitrogen and oxygen atoms in total. The third kappa shape index (κ3) is 3.17. The van der Waals surface area contributed by atoms with Crippen molar-refractivity contribution in [2.75, 3.05) is 13.6 Å². The summed E-state index contributed by atoms with van der Waals surface area (Å²) in [6.07, 6.45) is 1.02. The first kappa shape index (κ1) is 12.8. The van der Waals surface area contributed by atoms with Gasteiger partial charge in [-0.05, 0) is 32.9 Å². The van der Waals surface area contributed by atoms with Gasteiger partial charge in [0.1, 0.15) is 0 Å². The van der Waals surface area contributed by atoms with Gasteiger partial charge in [-0.15, -0.1) is 0 Å². The average molecular weight is 245 g/mol. The summed E-state index contributed by atoms with van der Waals surface area (Å²) in [6, 6.07) is 10.6. The van der Waals surface area contributed by atoms with E-state index in [1.165, 1.54) is 5.56 Å². The van der Waals surface area contributed by atoms with E-state index in [9.17, 15) is 0 Å². The number of hydrogen-bond acceptors (Lipinski definition) is 4. The Hall–Kier alpha value is -1.68. The largest absolute Gasteiger partial charge is 0.338 e. The standard InChI is InChI=1S/C14H19N3O/c1-11(14-15-12(2)16-18-14)17(3)10-9-13-7-5-4-6-8-13/h4-8,11H,9-10H2,1-3H3/t11-/m0/s1. The molecule has 0 bridgehead atoms. The predicted molar refractivity (Wildman–Crippen MR) is 70.2 cm³/mol. The van der Waals surface area contributed by atoms with Crippen LogP contribution >= 0.6 is 0 Å². The van der Waals surface area contributed by atoms with Gasteiger partial charge in [0, 0.05) is 6.54 Å². The Morgan fingerprint density at radius 3 is 2.61 bits per heavy atom. The van der Waals surface area contributed by atoms with E-state index in [-0.39, 0.29) is 6.04 Å². The maximum atomic E-state index is 5.20. The zero-order valence-electron chi connectivity index (χ0n) is 11.1. The van der Waals surface area contributed by atoms with Crippen LogP contribution in [0.15, 0.2) is 34.9 Å². The van der Waals surface area contributed by atoms with Gasteiger partial charge in [0.25, 0.3) is 0 Å². The molecule has 2 aromatic rings. The molecule has 1 atom stereocenters. The number of rotatable bonds is 5. The van der Waals surface area contributed by atoms with Crippen LogP contribution in [-0.4, -0.2) is 28.6 Å². The summed E-state index contributed by atoms with van der Waals surface area (Å²) in [5.74, 6) is 1.37. The molecule has 0 aliphatic rings. The molecule has 0 fully saturated rings. The van der Waals surface area contributed by atoms with Crippen molar-refractivity contribution in [1.29, 1.82) is 0 Å². The van der Waals surface area contributed by atoms with E-state index in [1.807, 2.05) is 13.0 Å². The molecule has 4 heteroatoms. The van der Waals surface area contributed by atoms with Crippen LogP contribution < -0.4 is 0 Å². The van der Waals surface area contributed by atoms with Crippen LogP contribution in [-0.2, 0) is 6.42 Å². The number of hydrogen-bond donors (Lipinski definition) is 0. The van der Waals surface area contributed by atoms with Crippen molar-refractivity contribution in [3.8, 4) is 0 Å². The molecule has 0 saturated carbocycles. The average Bonchev–Trinajstić information content (AvgIpc) is 2.83. The molecule has 96 valence electrons. The summed E-state index contributed by atoms with van der Waals surface area (Å²) in [5.41, 5.74) is 1.35. The molecule has 18 heavy (non-hydrogen) atoms. The monoisotopic (exact) mass is 245 g/mol. The van der Waals surface area contributed by atoms with E-state index >= 15 is 0 Å². The molecule has 0 radical (unpaired) electrons. The van der Waals surface area contributed by atoms with E-state index in [0.29, 0.717) is 11.7 Å². The summed E-state index contributed by atoms with van der Waals surface area (Å²) in [4.78, 5) is 6.49. The second-order valence-corrected chi connectivity index (χ2v) is 4.57. The minimum absolute atomic E-state index is 0.148. The first-order valence-corrected chi connectivity index (χ1v) is 6.21. The van der Waals surface area contributed by atoms with Gasteiger partial charge in [-0.1, -0.05) is 35.5 Å². The fourth-order valence-electron chi connectivity index (χ4n) is 1.82. The Kier molecular flexibility index (Phi) is 4.10. The maximum absolute atomic E-state index is 5.20. The van der Waals surface area contributed by atoms with Crippen LogP contribution in [0.4, 0.5) is 0 Å². The molecule has 2 rings (SSSR count). The number of aromatic nitrogens is 2. The van der Waals surface area contributed by atoms with Gasteiger partial charge in [-0.2, -0.15) is 4.98 Å². The first-order chi connectivity index (χ1) is 8.66. The highest BCUT2D eigenvalue weighted by Crippen LogP contribution is 2.16. The quantitative estimate of drug-likeness (QED) is 0.812. The molecule has 0 aliphatic heterocycles. The van der Waals surface area contributed by atoms with Crippen LogP contribution in [0, 0.1) is 6.92 Å². The smallest absolute Gasteiger partial charge is 0.243 e. The van der Waals surface area contributed by atoms with Gasteiger partial charge >= 0.3 is 0 Å². The molecule has 0 spiro atoms. The normalized spacial score (nSPS) is 12.9. The lowest BCUT2D eigenvalue weighted by Gasteiger charge is -2.21. The summed E-state index contributed by atoms with van der Waals surface area (Å²) in [6.45, 7) is 4.88. The molecule has 1 heterocycles. The number of aryl methyl sites for hydroxylation is 1. The third-order valence-electron chi connectivity index (χ3n) is 3.16. The fourth-order valence-corrected chi connectivity index (χ4v) is 1.82. The summed E-state index contributed by atoms with van der Waals surface area (Å²) < 4.78 is 5.20. The Bertz CT molecular complexity index is 481. The first-order valence-electron chi connectivity index (χ1n) is 6.21. The van der Waals surface area contributed by atoms with Crippen molar-refractivity contribution >= 4 is 0 Å². The molecule has 0 aliphatic carbocycles. The van der Waals surface area contributed by atoms with Crippen LogP contribution in [0.25, 0.3) is 0 Å². The van der Waals surface area contributed by atoms with Crippen molar-refractivity contribution in [3.05, 3.63) is 47.6 Å². The lowest BCUT2D eigenvalue weighted by molar-refractivity contribution is 0.211. The Labute approximate surface area is 108 Å². The van der Waals surface area contributed by atoms with Gasteiger partial charge < -0.3 is 4.52 Å². The highest BCUT2D eigenvalue weighted by molar-refractivity contribution is 5.14. The van der Waals surface area contributed by atoms with Crippen molar-refractivity contribution in [1.82, 2.24) is 15.0 Å². The third-order valence-corrected chi connectivity index (χ3v) is 3.16. The second kappa shape index (κ2) is 5.78. The van der Waals surface area contributed by atoms with Crippen molar-refractivity contribution in [2.24, 2.45) is 0 Å². The number of likely N-dealkylation sites (N-methyl/N-ethyl adjacent to an activating group) is 1. The molecular weight excluding hydrogens is 226 g/mol. The van der Waals surface area contributed by atoms with Crippen molar-refractivity contribution in [3.63, 3.8) is 0 Å². The van der Waals surface area contributed by atoms with Crippen LogP contribution in [0.5, 0.6) is 0 Å². The lowest BCUT2D eigenvalue weighted by Crippen LogP contribution is -2.25. The molecule has 0 amide bonds. The van der Waals surface area contributed by atoms with Crippen molar-refractivity contribution < 1.29 is 4.52 Å². The molecule has 0 N–H and O–H groups in total. The topological polar surface area (TPSA) is 42.2 Å². The number of benzene rings is 1. The Morgan fingerprint density at radius 1 is 1.28 bits per heavy atom. The molecular formula is C14H19N3O. The molecule has 0 saturated heterocycles. The Morgan fingerprint density at radius 2 is 2.00 bits per heavy atom. The minimum Gasteiger partial charge on any atom is -0.338 e. The highest BCUT2D eigenvalue weighted by Gasteiger charge is 2.17. The maximum Gasteiger partial charge on any atom is 0.243 e. The van der Waals surface area contributed by atoms with E-state index in [4.69, 9.17) is 4.52 Å². The SMILES string of the molecule is Cc1noc([C@H](C)N(C)CCc2ccccc2)n1. The fraction of sp³-hybridized carbons (Fsp3) is 0.429. The lowest BCUT2D eigenvalue weighted by atomic mass is 10.1. The number of nitrogens with zero attached hydrogens (tertiary/aromatic N) is 3. The predicted octanol–water partition coefficient (Wildman–Crippen LogP) is 2.61.